The highest BCUT2D eigenvalue weighted by Crippen LogP contribution is 2.03. The first-order valence-electron chi connectivity index (χ1n) is 4.28. The Labute approximate surface area is 100 Å². The first-order chi connectivity index (χ1) is 6.65. The molecular formula is C9H11FINOS. The van der Waals surface area contributed by atoms with Crippen molar-refractivity contribution in [1.82, 2.24) is 4.57 Å². The molecule has 0 saturated heterocycles. The molecule has 1 rings (SSSR count). The largest absolute Gasteiger partial charge is 0.311 e. The maximum Gasteiger partial charge on any atom is 0.264 e. The van der Waals surface area contributed by atoms with Crippen molar-refractivity contribution >= 4 is 34.4 Å². The Kier molecular flexibility index (Phi) is 4.94. The van der Waals surface area contributed by atoms with Crippen LogP contribution in [0.2, 0.25) is 0 Å². The van der Waals surface area contributed by atoms with Crippen molar-refractivity contribution < 1.29 is 4.39 Å². The summed E-state index contributed by atoms with van der Waals surface area (Å²) in [4.78, 5) is 11.5. The van der Waals surface area contributed by atoms with E-state index in [2.05, 4.69) is 6.92 Å². The molecule has 0 fully saturated rings. The predicted octanol–water partition coefficient (Wildman–Crippen LogP) is 2.35. The summed E-state index contributed by atoms with van der Waals surface area (Å²) < 4.78 is 14.8. The first-order valence-corrected chi connectivity index (χ1v) is 6.51. The predicted molar refractivity (Wildman–Crippen MR) is 66.4 cm³/mol. The van der Waals surface area contributed by atoms with Gasteiger partial charge in [-0.05, 0) is 34.4 Å². The third-order valence-corrected chi connectivity index (χ3v) is 3.34. The topological polar surface area (TPSA) is 22.0 Å². The zero-order valence-corrected chi connectivity index (χ0v) is 10.8. The van der Waals surface area contributed by atoms with Crippen LogP contribution < -0.4 is 5.56 Å². The van der Waals surface area contributed by atoms with Gasteiger partial charge in [0.25, 0.3) is 5.56 Å². The highest BCUT2D eigenvalue weighted by molar-refractivity contribution is 14.1. The summed E-state index contributed by atoms with van der Waals surface area (Å²) >= 11 is 3.60. The number of pyridine rings is 1. The molecule has 0 aliphatic heterocycles. The second kappa shape index (κ2) is 5.75. The van der Waals surface area contributed by atoms with E-state index < -0.39 is 0 Å². The van der Waals surface area contributed by atoms with Crippen molar-refractivity contribution in [2.45, 2.75) is 13.5 Å². The molecule has 0 N–H and O–H groups in total. The van der Waals surface area contributed by atoms with E-state index in [1.165, 1.54) is 16.8 Å². The van der Waals surface area contributed by atoms with Crippen molar-refractivity contribution in [3.63, 3.8) is 0 Å². The van der Waals surface area contributed by atoms with E-state index in [1.54, 1.807) is 11.8 Å². The Morgan fingerprint density at radius 3 is 3.00 bits per heavy atom. The van der Waals surface area contributed by atoms with Crippen molar-refractivity contribution in [1.29, 1.82) is 0 Å². The number of nitrogens with zero attached hydrogens (tertiary/aromatic N) is 1. The average Bonchev–Trinajstić information content (AvgIpc) is 2.13. The Morgan fingerprint density at radius 2 is 2.36 bits per heavy atom. The molecule has 78 valence electrons. The molecule has 0 atom stereocenters. The van der Waals surface area contributed by atoms with Crippen LogP contribution in [0.25, 0.3) is 0 Å². The minimum absolute atomic E-state index is 0.108. The number of rotatable bonds is 4. The van der Waals surface area contributed by atoms with Gasteiger partial charge in [-0.15, -0.1) is 0 Å². The van der Waals surface area contributed by atoms with Gasteiger partial charge >= 0.3 is 0 Å². The van der Waals surface area contributed by atoms with Crippen LogP contribution in [0, 0.1) is 9.39 Å². The highest BCUT2D eigenvalue weighted by Gasteiger charge is 2.03. The Morgan fingerprint density at radius 1 is 1.64 bits per heavy atom. The fourth-order valence-corrected chi connectivity index (χ4v) is 2.26. The molecule has 0 radical (unpaired) electrons. The molecule has 0 aromatic carbocycles. The van der Waals surface area contributed by atoms with Crippen LogP contribution in [-0.4, -0.2) is 16.1 Å². The highest BCUT2D eigenvalue weighted by atomic mass is 127. The number of halogens is 2. The lowest BCUT2D eigenvalue weighted by Crippen LogP contribution is -2.23. The number of thioether (sulfide) groups is 1. The van der Waals surface area contributed by atoms with Gasteiger partial charge in [0.05, 0.1) is 3.57 Å². The normalized spacial score (nSPS) is 10.5. The molecule has 0 spiro atoms. The fraction of sp³-hybridized carbons (Fsp3) is 0.444. The van der Waals surface area contributed by atoms with Crippen molar-refractivity contribution in [2.75, 3.05) is 11.5 Å². The Hall–Kier alpha value is -0.0400. The van der Waals surface area contributed by atoms with Crippen LogP contribution >= 0.6 is 34.4 Å². The maximum absolute atomic E-state index is 12.9. The first kappa shape index (κ1) is 12.0. The van der Waals surface area contributed by atoms with Crippen molar-refractivity contribution in [3.05, 3.63) is 32.0 Å². The third kappa shape index (κ3) is 3.27. The average molecular weight is 327 g/mol. The van der Waals surface area contributed by atoms with Gasteiger partial charge in [-0.1, -0.05) is 6.92 Å². The molecule has 1 aromatic heterocycles. The van der Waals surface area contributed by atoms with E-state index in [-0.39, 0.29) is 11.4 Å². The van der Waals surface area contributed by atoms with E-state index in [4.69, 9.17) is 0 Å². The van der Waals surface area contributed by atoms with Gasteiger partial charge in [0.15, 0.2) is 0 Å². The Bertz CT molecular complexity index is 366. The molecule has 0 bridgehead atoms. The van der Waals surface area contributed by atoms with Gasteiger partial charge in [0.2, 0.25) is 0 Å². The van der Waals surface area contributed by atoms with Crippen LogP contribution in [0.15, 0.2) is 17.1 Å². The van der Waals surface area contributed by atoms with Gasteiger partial charge in [-0.25, -0.2) is 4.39 Å². The van der Waals surface area contributed by atoms with Gasteiger partial charge in [-0.2, -0.15) is 11.8 Å². The molecule has 0 saturated carbocycles. The van der Waals surface area contributed by atoms with Crippen LogP contribution in [0.4, 0.5) is 4.39 Å². The lowest BCUT2D eigenvalue weighted by atomic mass is 10.4. The van der Waals surface area contributed by atoms with E-state index >= 15 is 0 Å². The zero-order valence-electron chi connectivity index (χ0n) is 7.80. The minimum atomic E-state index is -0.351. The molecule has 0 aliphatic carbocycles. The molecule has 0 aliphatic rings. The van der Waals surface area contributed by atoms with Crippen LogP contribution in [0.5, 0.6) is 0 Å². The minimum Gasteiger partial charge on any atom is -0.311 e. The van der Waals surface area contributed by atoms with Crippen molar-refractivity contribution in [2.24, 2.45) is 0 Å². The second-order valence-corrected chi connectivity index (χ2v) is 5.26. The molecule has 0 unspecified atom stereocenters. The summed E-state index contributed by atoms with van der Waals surface area (Å²) in [6.07, 6.45) is 1.26. The molecular weight excluding hydrogens is 316 g/mol. The lowest BCUT2D eigenvalue weighted by molar-refractivity contribution is 0.589. The smallest absolute Gasteiger partial charge is 0.264 e. The van der Waals surface area contributed by atoms with Crippen molar-refractivity contribution in [3.8, 4) is 0 Å². The quantitative estimate of drug-likeness (QED) is 0.626. The molecule has 2 nitrogen and oxygen atoms in total. The monoisotopic (exact) mass is 327 g/mol. The van der Waals surface area contributed by atoms with Gasteiger partial charge in [0, 0.05) is 18.5 Å². The summed E-state index contributed by atoms with van der Waals surface area (Å²) in [5.74, 6) is 1.51. The number of hydrogen-bond acceptors (Lipinski definition) is 2. The third-order valence-electron chi connectivity index (χ3n) is 1.69. The fourth-order valence-electron chi connectivity index (χ4n) is 1.04. The number of hydrogen-bond donors (Lipinski definition) is 0. The van der Waals surface area contributed by atoms with Crippen LogP contribution in [-0.2, 0) is 6.54 Å². The van der Waals surface area contributed by atoms with E-state index in [0.29, 0.717) is 10.1 Å². The maximum atomic E-state index is 12.9. The zero-order chi connectivity index (χ0) is 10.6. The number of aromatic nitrogens is 1. The van der Waals surface area contributed by atoms with Crippen LogP contribution in [0.3, 0.4) is 0 Å². The SMILES string of the molecule is CCSCCn1cc(F)cc(I)c1=O. The van der Waals surface area contributed by atoms with E-state index in [9.17, 15) is 9.18 Å². The van der Waals surface area contributed by atoms with Crippen LogP contribution in [0.1, 0.15) is 6.92 Å². The summed E-state index contributed by atoms with van der Waals surface area (Å²) in [5.41, 5.74) is -0.108. The summed E-state index contributed by atoms with van der Waals surface area (Å²) in [6.45, 7) is 2.63. The van der Waals surface area contributed by atoms with Gasteiger partial charge < -0.3 is 4.57 Å². The van der Waals surface area contributed by atoms with E-state index in [0.717, 1.165) is 11.5 Å². The molecule has 14 heavy (non-hydrogen) atoms. The Balaban J connectivity index is 2.81. The molecule has 5 heteroatoms. The molecule has 0 amide bonds. The standard InChI is InChI=1S/C9H11FINOS/c1-2-14-4-3-12-6-7(10)5-8(11)9(12)13/h5-6H,2-4H2,1H3. The summed E-state index contributed by atoms with van der Waals surface area (Å²) in [7, 11) is 0. The van der Waals surface area contributed by atoms with E-state index in [1.807, 2.05) is 22.6 Å². The number of aryl methyl sites for hydroxylation is 1. The molecule has 1 aromatic rings. The van der Waals surface area contributed by atoms with Gasteiger partial charge in [0.1, 0.15) is 5.82 Å². The molecule has 1 heterocycles. The summed E-state index contributed by atoms with van der Waals surface area (Å²) in [6, 6.07) is 1.26. The van der Waals surface area contributed by atoms with Gasteiger partial charge in [-0.3, -0.25) is 4.79 Å². The lowest BCUT2D eigenvalue weighted by Gasteiger charge is -2.05. The second-order valence-electron chi connectivity index (χ2n) is 2.70. The summed E-state index contributed by atoms with van der Waals surface area (Å²) in [5, 5.41) is 0.